The van der Waals surface area contributed by atoms with Gasteiger partial charge in [0.05, 0.1) is 11.4 Å². The number of benzene rings is 3. The van der Waals surface area contributed by atoms with Gasteiger partial charge in [-0.1, -0.05) is 24.3 Å². The lowest BCUT2D eigenvalue weighted by atomic mass is 10.1. The van der Waals surface area contributed by atoms with Crippen LogP contribution in [0.15, 0.2) is 60.7 Å². The zero-order chi connectivity index (χ0) is 23.5. The van der Waals surface area contributed by atoms with Gasteiger partial charge in [-0.25, -0.2) is 9.18 Å². The van der Waals surface area contributed by atoms with Crippen molar-refractivity contribution < 1.29 is 14.0 Å². The Labute approximate surface area is 193 Å². The zero-order valence-electron chi connectivity index (χ0n) is 19.2. The molecule has 0 bridgehead atoms. The first-order valence-corrected chi connectivity index (χ1v) is 11.1. The average molecular weight is 446 g/mol. The van der Waals surface area contributed by atoms with Gasteiger partial charge in [-0.05, 0) is 85.8 Å². The van der Waals surface area contributed by atoms with Crippen LogP contribution in [0.25, 0.3) is 0 Å². The third-order valence-corrected chi connectivity index (χ3v) is 6.05. The molecule has 33 heavy (non-hydrogen) atoms. The second-order valence-corrected chi connectivity index (χ2v) is 8.61. The van der Waals surface area contributed by atoms with Crippen molar-refractivity contribution in [2.24, 2.45) is 0 Å². The smallest absolute Gasteiger partial charge is 0.320 e. The molecule has 1 aliphatic rings. The topological polar surface area (TPSA) is 52.6 Å². The van der Waals surface area contributed by atoms with Crippen LogP contribution >= 0.6 is 0 Å². The average Bonchev–Trinajstić information content (AvgIpc) is 2.79. The van der Waals surface area contributed by atoms with Crippen molar-refractivity contribution in [3.05, 3.63) is 94.3 Å². The van der Waals surface area contributed by atoms with E-state index in [1.54, 1.807) is 4.90 Å². The molecule has 0 radical (unpaired) electrons. The minimum Gasteiger partial charge on any atom is -0.320 e. The van der Waals surface area contributed by atoms with Crippen LogP contribution < -0.4 is 10.2 Å². The number of amides is 3. The van der Waals surface area contributed by atoms with Crippen molar-refractivity contribution in [2.75, 3.05) is 23.3 Å². The van der Waals surface area contributed by atoms with Crippen LogP contribution in [0.1, 0.15) is 39.0 Å². The summed E-state index contributed by atoms with van der Waals surface area (Å²) in [4.78, 5) is 29.8. The van der Waals surface area contributed by atoms with Gasteiger partial charge in [0.2, 0.25) is 0 Å². The summed E-state index contributed by atoms with van der Waals surface area (Å²) in [7, 11) is 0. The van der Waals surface area contributed by atoms with E-state index in [1.807, 2.05) is 30.0 Å². The Morgan fingerprint density at radius 2 is 1.70 bits per heavy atom. The van der Waals surface area contributed by atoms with E-state index in [1.165, 1.54) is 35.4 Å². The number of carbonyl (C=O) groups is 2. The molecule has 3 amide bonds. The maximum absolute atomic E-state index is 13.4. The molecule has 3 aromatic carbocycles. The molecule has 1 saturated heterocycles. The lowest BCUT2D eigenvalue weighted by Crippen LogP contribution is -2.49. The third-order valence-electron chi connectivity index (χ3n) is 6.05. The number of halogens is 1. The minimum atomic E-state index is -0.398. The lowest BCUT2D eigenvalue weighted by molar-refractivity contribution is 0.102. The van der Waals surface area contributed by atoms with Crippen LogP contribution in [0.2, 0.25) is 0 Å². The van der Waals surface area contributed by atoms with Gasteiger partial charge in [-0.2, -0.15) is 0 Å². The number of rotatable bonds is 5. The molecular formula is C27H28FN3O2. The fraction of sp³-hybridized carbons (Fsp3) is 0.259. The molecular weight excluding hydrogens is 417 g/mol. The highest BCUT2D eigenvalue weighted by Crippen LogP contribution is 2.31. The summed E-state index contributed by atoms with van der Waals surface area (Å²) in [5.74, 6) is -0.746. The normalized spacial score (nSPS) is 13.9. The fourth-order valence-corrected chi connectivity index (χ4v) is 4.06. The van der Waals surface area contributed by atoms with Crippen LogP contribution in [0.4, 0.5) is 20.6 Å². The van der Waals surface area contributed by atoms with E-state index >= 15 is 0 Å². The van der Waals surface area contributed by atoms with Crippen molar-refractivity contribution in [2.45, 2.75) is 33.7 Å². The van der Waals surface area contributed by atoms with Gasteiger partial charge < -0.3 is 10.2 Å². The number of urea groups is 1. The van der Waals surface area contributed by atoms with Crippen LogP contribution in [-0.2, 0) is 6.54 Å². The lowest BCUT2D eigenvalue weighted by Gasteiger charge is -2.36. The van der Waals surface area contributed by atoms with E-state index in [9.17, 15) is 14.0 Å². The second-order valence-electron chi connectivity index (χ2n) is 8.61. The maximum atomic E-state index is 13.4. The summed E-state index contributed by atoms with van der Waals surface area (Å²) >= 11 is 0. The van der Waals surface area contributed by atoms with Gasteiger partial charge in [0.25, 0.3) is 5.91 Å². The number of carbonyl (C=O) groups excluding carboxylic acids is 2. The SMILES string of the molecule is Cc1ccc(N2CCCN(Cc3ccc(C)c(C)c3)C2=O)c(NC(=O)c2ccc(F)cc2)c1. The number of hydrogen-bond donors (Lipinski definition) is 1. The van der Waals surface area contributed by atoms with Crippen LogP contribution in [0, 0.1) is 26.6 Å². The van der Waals surface area contributed by atoms with E-state index in [2.05, 4.69) is 37.4 Å². The molecule has 0 aliphatic carbocycles. The molecule has 0 aromatic heterocycles. The predicted octanol–water partition coefficient (Wildman–Crippen LogP) is 5.84. The summed E-state index contributed by atoms with van der Waals surface area (Å²) in [6.07, 6.45) is 0.829. The van der Waals surface area contributed by atoms with Gasteiger partial charge in [0.1, 0.15) is 5.82 Å². The van der Waals surface area contributed by atoms with Gasteiger partial charge in [0.15, 0.2) is 0 Å². The van der Waals surface area contributed by atoms with E-state index in [0.717, 1.165) is 17.5 Å². The Kier molecular flexibility index (Phi) is 6.45. The molecule has 1 fully saturated rings. The summed E-state index contributed by atoms with van der Waals surface area (Å²) in [5.41, 5.74) is 6.07. The standard InChI is InChI=1S/C27H28FN3O2/c1-18-5-12-25(24(15-18)29-26(32)22-8-10-23(28)11-9-22)31-14-4-13-30(27(31)33)17-21-7-6-19(2)20(3)16-21/h5-12,15-16H,4,13-14,17H2,1-3H3,(H,29,32). The van der Waals surface area contributed by atoms with Gasteiger partial charge in [-0.15, -0.1) is 0 Å². The number of hydrogen-bond acceptors (Lipinski definition) is 2. The Morgan fingerprint density at radius 1 is 0.939 bits per heavy atom. The molecule has 0 saturated carbocycles. The molecule has 0 atom stereocenters. The Balaban J connectivity index is 1.57. The molecule has 3 aromatic rings. The monoisotopic (exact) mass is 445 g/mol. The summed E-state index contributed by atoms with van der Waals surface area (Å²) in [5, 5.41) is 2.91. The van der Waals surface area contributed by atoms with Crippen LogP contribution in [0.5, 0.6) is 0 Å². The summed E-state index contributed by atoms with van der Waals surface area (Å²) < 4.78 is 13.2. The second kappa shape index (κ2) is 9.45. The molecule has 4 rings (SSSR count). The molecule has 170 valence electrons. The summed E-state index contributed by atoms with van der Waals surface area (Å²) in [6.45, 7) is 7.88. The van der Waals surface area contributed by atoms with Gasteiger partial charge >= 0.3 is 6.03 Å². The minimum absolute atomic E-state index is 0.0828. The van der Waals surface area contributed by atoms with E-state index in [4.69, 9.17) is 0 Å². The molecule has 5 nitrogen and oxygen atoms in total. The Bertz CT molecular complexity index is 1190. The first-order valence-electron chi connectivity index (χ1n) is 11.1. The van der Waals surface area contributed by atoms with Gasteiger partial charge in [-0.3, -0.25) is 9.69 Å². The number of aryl methyl sites for hydroxylation is 3. The quantitative estimate of drug-likeness (QED) is 0.537. The maximum Gasteiger partial charge on any atom is 0.324 e. The van der Waals surface area contributed by atoms with Crippen molar-refractivity contribution in [1.29, 1.82) is 0 Å². The number of nitrogens with zero attached hydrogens (tertiary/aromatic N) is 2. The van der Waals surface area contributed by atoms with E-state index in [0.29, 0.717) is 36.6 Å². The highest BCUT2D eigenvalue weighted by Gasteiger charge is 2.29. The Morgan fingerprint density at radius 3 is 2.42 bits per heavy atom. The van der Waals surface area contributed by atoms with E-state index < -0.39 is 5.82 Å². The van der Waals surface area contributed by atoms with E-state index in [-0.39, 0.29) is 11.9 Å². The largest absolute Gasteiger partial charge is 0.324 e. The zero-order valence-corrected chi connectivity index (χ0v) is 19.2. The fourth-order valence-electron chi connectivity index (χ4n) is 4.06. The molecule has 0 spiro atoms. The Hall–Kier alpha value is -3.67. The van der Waals surface area contributed by atoms with Crippen LogP contribution in [-0.4, -0.2) is 29.9 Å². The molecule has 6 heteroatoms. The van der Waals surface area contributed by atoms with Crippen molar-refractivity contribution >= 4 is 23.3 Å². The number of nitrogens with one attached hydrogen (secondary N) is 1. The van der Waals surface area contributed by atoms with Crippen molar-refractivity contribution in [1.82, 2.24) is 4.90 Å². The number of anilines is 2. The summed E-state index contributed by atoms with van der Waals surface area (Å²) in [6, 6.07) is 17.2. The van der Waals surface area contributed by atoms with Crippen molar-refractivity contribution in [3.63, 3.8) is 0 Å². The highest BCUT2D eigenvalue weighted by molar-refractivity contribution is 6.07. The first kappa shape index (κ1) is 22.5. The first-order chi connectivity index (χ1) is 15.8. The third kappa shape index (κ3) is 5.06. The van der Waals surface area contributed by atoms with Crippen LogP contribution in [0.3, 0.4) is 0 Å². The van der Waals surface area contributed by atoms with Gasteiger partial charge in [0, 0.05) is 25.2 Å². The molecule has 1 N–H and O–H groups in total. The van der Waals surface area contributed by atoms with Crippen molar-refractivity contribution in [3.8, 4) is 0 Å². The molecule has 1 heterocycles. The molecule has 1 aliphatic heterocycles. The molecule has 0 unspecified atom stereocenters. The highest BCUT2D eigenvalue weighted by atomic mass is 19.1. The predicted molar refractivity (Wildman–Crippen MR) is 129 cm³/mol.